The predicted octanol–water partition coefficient (Wildman–Crippen LogP) is 3.26. The van der Waals surface area contributed by atoms with Crippen molar-refractivity contribution in [3.63, 3.8) is 0 Å². The molecule has 0 saturated heterocycles. The summed E-state index contributed by atoms with van der Waals surface area (Å²) in [7, 11) is -3.94. The van der Waals surface area contributed by atoms with Crippen LogP contribution in [0.15, 0.2) is 58.8 Å². The van der Waals surface area contributed by atoms with Crippen molar-refractivity contribution in [3.05, 3.63) is 71.2 Å². The second kappa shape index (κ2) is 7.38. The van der Waals surface area contributed by atoms with Gasteiger partial charge in [-0.05, 0) is 36.4 Å². The Hall–Kier alpha value is -2.69. The molecule has 0 bridgehead atoms. The first kappa shape index (κ1) is 18.7. The lowest BCUT2D eigenvalue weighted by molar-refractivity contribution is 0.556. The van der Waals surface area contributed by atoms with E-state index in [1.165, 1.54) is 41.7 Å². The average molecular weight is 420 g/mol. The fourth-order valence-electron chi connectivity index (χ4n) is 2.67. The highest BCUT2D eigenvalue weighted by atomic mass is 32.2. The molecular formula is C18H14F2N4O2S2. The van der Waals surface area contributed by atoms with Crippen molar-refractivity contribution in [2.75, 3.05) is 6.54 Å². The molecule has 4 aromatic rings. The van der Waals surface area contributed by atoms with Gasteiger partial charge in [-0.25, -0.2) is 26.4 Å². The highest BCUT2D eigenvalue weighted by Gasteiger charge is 2.18. The van der Waals surface area contributed by atoms with E-state index in [1.807, 2.05) is 5.38 Å². The van der Waals surface area contributed by atoms with Gasteiger partial charge in [-0.2, -0.15) is 4.98 Å². The fourth-order valence-corrected chi connectivity index (χ4v) is 4.64. The molecular weight excluding hydrogens is 406 g/mol. The van der Waals surface area contributed by atoms with Crippen LogP contribution >= 0.6 is 11.3 Å². The molecule has 0 radical (unpaired) electrons. The molecule has 4 rings (SSSR count). The average Bonchev–Trinajstić information content (AvgIpc) is 3.24. The molecule has 0 spiro atoms. The zero-order chi connectivity index (χ0) is 19.7. The zero-order valence-corrected chi connectivity index (χ0v) is 16.0. The largest absolute Gasteiger partial charge is 0.243 e. The normalized spacial score (nSPS) is 11.9. The molecule has 0 unspecified atom stereocenters. The summed E-state index contributed by atoms with van der Waals surface area (Å²) < 4.78 is 55.3. The second-order valence-corrected chi connectivity index (χ2v) is 8.51. The van der Waals surface area contributed by atoms with Gasteiger partial charge in [-0.1, -0.05) is 12.1 Å². The highest BCUT2D eigenvalue weighted by molar-refractivity contribution is 7.89. The summed E-state index contributed by atoms with van der Waals surface area (Å²) in [5, 5.41) is 6.25. The van der Waals surface area contributed by atoms with Crippen molar-refractivity contribution in [3.8, 4) is 11.4 Å². The molecule has 0 amide bonds. The van der Waals surface area contributed by atoms with Gasteiger partial charge in [0.25, 0.3) is 0 Å². The van der Waals surface area contributed by atoms with Crippen LogP contribution in [0.4, 0.5) is 8.78 Å². The number of thiazole rings is 1. The number of nitrogens with zero attached hydrogens (tertiary/aromatic N) is 3. The quantitative estimate of drug-likeness (QED) is 0.520. The number of aromatic nitrogens is 3. The first-order valence-corrected chi connectivity index (χ1v) is 10.6. The molecule has 2 aromatic heterocycles. The molecule has 2 aromatic carbocycles. The second-order valence-electron chi connectivity index (χ2n) is 5.94. The Balaban J connectivity index is 1.50. The van der Waals surface area contributed by atoms with E-state index in [1.54, 1.807) is 16.6 Å². The number of nitrogens with one attached hydrogen (secondary N) is 1. The molecule has 0 fully saturated rings. The summed E-state index contributed by atoms with van der Waals surface area (Å²) in [6, 6.07) is 11.1. The molecule has 0 aliphatic heterocycles. The Morgan fingerprint density at radius 2 is 1.82 bits per heavy atom. The van der Waals surface area contributed by atoms with Crippen molar-refractivity contribution in [2.24, 2.45) is 0 Å². The summed E-state index contributed by atoms with van der Waals surface area (Å²) in [4.78, 5) is 4.67. The number of sulfonamides is 1. The van der Waals surface area contributed by atoms with Gasteiger partial charge >= 0.3 is 0 Å². The summed E-state index contributed by atoms with van der Waals surface area (Å²) in [5.41, 5.74) is 1.45. The molecule has 1 N–H and O–H groups in total. The topological polar surface area (TPSA) is 76.4 Å². The van der Waals surface area contributed by atoms with Crippen LogP contribution in [-0.4, -0.2) is 29.6 Å². The van der Waals surface area contributed by atoms with E-state index < -0.39 is 15.8 Å². The maximum absolute atomic E-state index is 13.7. The predicted molar refractivity (Wildman–Crippen MR) is 102 cm³/mol. The molecule has 0 aliphatic rings. The van der Waals surface area contributed by atoms with E-state index in [-0.39, 0.29) is 17.3 Å². The maximum atomic E-state index is 13.7. The third-order valence-electron chi connectivity index (χ3n) is 4.05. The van der Waals surface area contributed by atoms with Crippen molar-refractivity contribution in [1.82, 2.24) is 19.3 Å². The third kappa shape index (κ3) is 3.66. The SMILES string of the molecule is O=S(=O)(NCCc1csc2nc(-c3ccc(F)cc3)nn12)c1ccccc1F. The molecule has 144 valence electrons. The number of hydrogen-bond acceptors (Lipinski definition) is 5. The van der Waals surface area contributed by atoms with Crippen LogP contribution in [-0.2, 0) is 16.4 Å². The lowest BCUT2D eigenvalue weighted by Gasteiger charge is -2.07. The smallest absolute Gasteiger partial charge is 0.211 e. The number of rotatable bonds is 6. The first-order valence-electron chi connectivity index (χ1n) is 8.27. The van der Waals surface area contributed by atoms with Crippen molar-refractivity contribution < 1.29 is 17.2 Å². The molecule has 28 heavy (non-hydrogen) atoms. The van der Waals surface area contributed by atoms with E-state index in [0.29, 0.717) is 22.8 Å². The summed E-state index contributed by atoms with van der Waals surface area (Å²) >= 11 is 1.37. The van der Waals surface area contributed by atoms with E-state index in [9.17, 15) is 17.2 Å². The van der Waals surface area contributed by atoms with Crippen molar-refractivity contribution in [1.29, 1.82) is 0 Å². The molecule has 0 atom stereocenters. The fraction of sp³-hybridized carbons (Fsp3) is 0.111. The molecule has 2 heterocycles. The van der Waals surface area contributed by atoms with E-state index in [4.69, 9.17) is 0 Å². The Kier molecular flexibility index (Phi) is 4.92. The van der Waals surface area contributed by atoms with E-state index in [2.05, 4.69) is 14.8 Å². The molecule has 0 aliphatic carbocycles. The van der Waals surface area contributed by atoms with Gasteiger partial charge in [-0.15, -0.1) is 16.4 Å². The lowest BCUT2D eigenvalue weighted by atomic mass is 10.2. The number of fused-ring (bicyclic) bond motifs is 1. The van der Waals surface area contributed by atoms with Gasteiger partial charge in [0.2, 0.25) is 15.0 Å². The minimum absolute atomic E-state index is 0.0776. The van der Waals surface area contributed by atoms with Crippen LogP contribution in [0.25, 0.3) is 16.3 Å². The van der Waals surface area contributed by atoms with Crippen molar-refractivity contribution >= 4 is 26.3 Å². The van der Waals surface area contributed by atoms with Gasteiger partial charge in [0, 0.05) is 23.9 Å². The summed E-state index contributed by atoms with van der Waals surface area (Å²) in [6.45, 7) is 0.0776. The third-order valence-corrected chi connectivity index (χ3v) is 6.41. The van der Waals surface area contributed by atoms with Gasteiger partial charge < -0.3 is 0 Å². The van der Waals surface area contributed by atoms with Crippen LogP contribution in [0.2, 0.25) is 0 Å². The Morgan fingerprint density at radius 1 is 1.07 bits per heavy atom. The van der Waals surface area contributed by atoms with Crippen molar-refractivity contribution in [2.45, 2.75) is 11.3 Å². The number of benzene rings is 2. The van der Waals surface area contributed by atoms with E-state index >= 15 is 0 Å². The van der Waals surface area contributed by atoms with Crippen LogP contribution < -0.4 is 4.72 Å². The van der Waals surface area contributed by atoms with Crippen LogP contribution in [0.3, 0.4) is 0 Å². The standard InChI is InChI=1S/C18H14F2N4O2S2/c19-13-7-5-12(6-8-13)17-22-18-24(23-17)14(11-27-18)9-10-21-28(25,26)16-4-2-1-3-15(16)20/h1-8,11,21H,9-10H2. The van der Waals surface area contributed by atoms with Gasteiger partial charge in [0.1, 0.15) is 16.5 Å². The Labute approximate surface area is 163 Å². The number of hydrogen-bond donors (Lipinski definition) is 1. The van der Waals surface area contributed by atoms with Gasteiger partial charge in [0.05, 0.1) is 5.69 Å². The van der Waals surface area contributed by atoms with Crippen LogP contribution in [0.1, 0.15) is 5.69 Å². The van der Waals surface area contributed by atoms with Gasteiger partial charge in [0.15, 0.2) is 5.82 Å². The Bertz CT molecular complexity index is 1230. The van der Waals surface area contributed by atoms with Crippen LogP contribution in [0, 0.1) is 11.6 Å². The minimum atomic E-state index is -3.94. The first-order chi connectivity index (χ1) is 13.4. The summed E-state index contributed by atoms with van der Waals surface area (Å²) in [6.07, 6.45) is 0.347. The van der Waals surface area contributed by atoms with E-state index in [0.717, 1.165) is 11.8 Å². The Morgan fingerprint density at radius 3 is 2.57 bits per heavy atom. The maximum Gasteiger partial charge on any atom is 0.243 e. The number of halogens is 2. The van der Waals surface area contributed by atoms with Crippen LogP contribution in [0.5, 0.6) is 0 Å². The summed E-state index contributed by atoms with van der Waals surface area (Å²) in [5.74, 6) is -0.680. The zero-order valence-electron chi connectivity index (χ0n) is 14.3. The minimum Gasteiger partial charge on any atom is -0.211 e. The molecule has 0 saturated carbocycles. The van der Waals surface area contributed by atoms with Gasteiger partial charge in [-0.3, -0.25) is 0 Å². The highest BCUT2D eigenvalue weighted by Crippen LogP contribution is 2.21. The monoisotopic (exact) mass is 420 g/mol. The molecule has 6 nitrogen and oxygen atoms in total. The molecule has 10 heteroatoms. The lowest BCUT2D eigenvalue weighted by Crippen LogP contribution is -2.27.